The smallest absolute Gasteiger partial charge is 0.241 e. The molecule has 0 amide bonds. The minimum absolute atomic E-state index is 0.00796. The molecule has 2 rings (SSSR count). The van der Waals surface area contributed by atoms with Gasteiger partial charge in [-0.2, -0.15) is 4.31 Å². The van der Waals surface area contributed by atoms with E-state index in [2.05, 4.69) is 4.98 Å². The van der Waals surface area contributed by atoms with Gasteiger partial charge in [0.2, 0.25) is 5.03 Å². The Bertz CT molecular complexity index is 485. The maximum atomic E-state index is 13.4. The lowest BCUT2D eigenvalue weighted by Gasteiger charge is -2.33. The molecule has 0 aromatic carbocycles. The van der Waals surface area contributed by atoms with Crippen molar-refractivity contribution in [3.05, 3.63) is 24.1 Å². The molecule has 6 heteroatoms. The van der Waals surface area contributed by atoms with Gasteiger partial charge in [-0.25, -0.2) is 17.8 Å². The quantitative estimate of drug-likeness (QED) is 0.807. The molecule has 1 aliphatic rings. The van der Waals surface area contributed by atoms with Crippen LogP contribution in [0.1, 0.15) is 19.3 Å². The van der Waals surface area contributed by atoms with Crippen LogP contribution in [0.3, 0.4) is 0 Å². The van der Waals surface area contributed by atoms with Crippen LogP contribution >= 0.6 is 0 Å². The third-order valence-electron chi connectivity index (χ3n) is 2.94. The number of hydrogen-bond acceptors (Lipinski definition) is 3. The second-order valence-electron chi connectivity index (χ2n) is 3.90. The van der Waals surface area contributed by atoms with Crippen molar-refractivity contribution >= 4 is 10.0 Å². The number of halogens is 1. The third kappa shape index (κ3) is 1.82. The lowest BCUT2D eigenvalue weighted by Crippen LogP contribution is -2.41. The standard InChI is InChI=1S/C10H13FN2O2S/c1-13(8-4-2-5-8)16(14,15)10-9(11)6-3-7-12-10/h3,6-8H,2,4-5H2,1H3. The van der Waals surface area contributed by atoms with Crippen LogP contribution in [0.5, 0.6) is 0 Å². The predicted molar refractivity (Wildman–Crippen MR) is 56.8 cm³/mol. The van der Waals surface area contributed by atoms with Gasteiger partial charge in [-0.15, -0.1) is 0 Å². The molecule has 0 N–H and O–H groups in total. The molecule has 0 bridgehead atoms. The minimum atomic E-state index is -3.78. The number of rotatable bonds is 3. The Morgan fingerprint density at radius 2 is 2.19 bits per heavy atom. The molecule has 0 saturated heterocycles. The maximum absolute atomic E-state index is 13.4. The summed E-state index contributed by atoms with van der Waals surface area (Å²) in [4.78, 5) is 3.61. The summed E-state index contributed by atoms with van der Waals surface area (Å²) in [7, 11) is -2.30. The number of hydrogen-bond donors (Lipinski definition) is 0. The minimum Gasteiger partial charge on any atom is -0.241 e. The van der Waals surface area contributed by atoms with Crippen molar-refractivity contribution in [2.75, 3.05) is 7.05 Å². The molecule has 1 aromatic rings. The van der Waals surface area contributed by atoms with Crippen molar-refractivity contribution < 1.29 is 12.8 Å². The molecule has 0 spiro atoms. The molecule has 0 aliphatic heterocycles. The summed E-state index contributed by atoms with van der Waals surface area (Å²) in [6.07, 6.45) is 3.98. The molecule has 0 radical (unpaired) electrons. The van der Waals surface area contributed by atoms with Crippen LogP contribution in [-0.2, 0) is 10.0 Å². The van der Waals surface area contributed by atoms with Gasteiger partial charge in [0.15, 0.2) is 5.82 Å². The molecule has 1 heterocycles. The second-order valence-corrected chi connectivity index (χ2v) is 5.81. The summed E-state index contributed by atoms with van der Waals surface area (Å²) in [5.74, 6) is -0.798. The van der Waals surface area contributed by atoms with Crippen molar-refractivity contribution in [3.8, 4) is 0 Å². The van der Waals surface area contributed by atoms with Crippen molar-refractivity contribution in [1.82, 2.24) is 9.29 Å². The Balaban J connectivity index is 2.35. The van der Waals surface area contributed by atoms with E-state index in [1.807, 2.05) is 0 Å². The van der Waals surface area contributed by atoms with Crippen LogP contribution in [0.2, 0.25) is 0 Å². The second kappa shape index (κ2) is 4.10. The summed E-state index contributed by atoms with van der Waals surface area (Å²) in [6.45, 7) is 0. The van der Waals surface area contributed by atoms with E-state index >= 15 is 0 Å². The van der Waals surface area contributed by atoms with E-state index in [0.29, 0.717) is 0 Å². The molecular formula is C10H13FN2O2S. The zero-order valence-electron chi connectivity index (χ0n) is 8.93. The zero-order valence-corrected chi connectivity index (χ0v) is 9.74. The Morgan fingerprint density at radius 1 is 1.50 bits per heavy atom. The van der Waals surface area contributed by atoms with Gasteiger partial charge in [-0.1, -0.05) is 6.42 Å². The Morgan fingerprint density at radius 3 is 2.69 bits per heavy atom. The van der Waals surface area contributed by atoms with E-state index in [0.717, 1.165) is 25.3 Å². The molecule has 0 unspecified atom stereocenters. The fourth-order valence-electron chi connectivity index (χ4n) is 1.64. The number of nitrogens with zero attached hydrogens (tertiary/aromatic N) is 2. The van der Waals surface area contributed by atoms with Crippen LogP contribution in [0.15, 0.2) is 23.4 Å². The average Bonchev–Trinajstić information content (AvgIpc) is 2.15. The van der Waals surface area contributed by atoms with Crippen molar-refractivity contribution in [2.24, 2.45) is 0 Å². The number of pyridine rings is 1. The molecule has 1 saturated carbocycles. The topological polar surface area (TPSA) is 50.3 Å². The van der Waals surface area contributed by atoms with E-state index in [1.165, 1.54) is 23.6 Å². The molecule has 1 aromatic heterocycles. The van der Waals surface area contributed by atoms with Gasteiger partial charge >= 0.3 is 0 Å². The van der Waals surface area contributed by atoms with Crippen LogP contribution in [0, 0.1) is 5.82 Å². The molecule has 1 aliphatic carbocycles. The Labute approximate surface area is 94.2 Å². The van der Waals surface area contributed by atoms with Gasteiger partial charge in [0.1, 0.15) is 0 Å². The van der Waals surface area contributed by atoms with Crippen molar-refractivity contribution in [3.63, 3.8) is 0 Å². The van der Waals surface area contributed by atoms with E-state index in [1.54, 1.807) is 0 Å². The van der Waals surface area contributed by atoms with Crippen LogP contribution in [0.4, 0.5) is 4.39 Å². The van der Waals surface area contributed by atoms with E-state index in [-0.39, 0.29) is 6.04 Å². The van der Waals surface area contributed by atoms with Crippen LogP contribution in [0.25, 0.3) is 0 Å². The number of sulfonamides is 1. The molecule has 16 heavy (non-hydrogen) atoms. The predicted octanol–water partition coefficient (Wildman–Crippen LogP) is 1.39. The Kier molecular flexibility index (Phi) is 2.94. The van der Waals surface area contributed by atoms with Gasteiger partial charge in [0.05, 0.1) is 0 Å². The SMILES string of the molecule is CN(C1CCC1)S(=O)(=O)c1ncccc1F. The molecule has 0 atom stereocenters. The normalized spacial score (nSPS) is 17.4. The lowest BCUT2D eigenvalue weighted by atomic mass is 9.94. The zero-order chi connectivity index (χ0) is 11.8. The summed E-state index contributed by atoms with van der Waals surface area (Å²) in [5, 5.41) is -0.482. The maximum Gasteiger partial charge on any atom is 0.263 e. The van der Waals surface area contributed by atoms with Crippen molar-refractivity contribution in [1.29, 1.82) is 0 Å². The molecule has 4 nitrogen and oxygen atoms in total. The highest BCUT2D eigenvalue weighted by atomic mass is 32.2. The van der Waals surface area contributed by atoms with E-state index in [9.17, 15) is 12.8 Å². The van der Waals surface area contributed by atoms with Gasteiger partial charge in [0, 0.05) is 19.3 Å². The highest BCUT2D eigenvalue weighted by Gasteiger charge is 2.34. The third-order valence-corrected chi connectivity index (χ3v) is 4.78. The first-order valence-electron chi connectivity index (χ1n) is 5.12. The van der Waals surface area contributed by atoms with Crippen LogP contribution in [-0.4, -0.2) is 30.8 Å². The van der Waals surface area contributed by atoms with Crippen LogP contribution < -0.4 is 0 Å². The first kappa shape index (κ1) is 11.5. The summed E-state index contributed by atoms with van der Waals surface area (Å²) in [6, 6.07) is 2.47. The molecular weight excluding hydrogens is 231 g/mol. The fraction of sp³-hybridized carbons (Fsp3) is 0.500. The highest BCUT2D eigenvalue weighted by Crippen LogP contribution is 2.28. The van der Waals surface area contributed by atoms with E-state index < -0.39 is 20.9 Å². The summed E-state index contributed by atoms with van der Waals surface area (Å²) in [5.41, 5.74) is 0. The van der Waals surface area contributed by atoms with Crippen molar-refractivity contribution in [2.45, 2.75) is 30.3 Å². The molecule has 1 fully saturated rings. The van der Waals surface area contributed by atoms with Gasteiger partial charge in [-0.3, -0.25) is 0 Å². The monoisotopic (exact) mass is 244 g/mol. The van der Waals surface area contributed by atoms with Gasteiger partial charge < -0.3 is 0 Å². The number of aromatic nitrogens is 1. The molecule has 88 valence electrons. The first-order valence-corrected chi connectivity index (χ1v) is 6.56. The average molecular weight is 244 g/mol. The lowest BCUT2D eigenvalue weighted by molar-refractivity contribution is 0.248. The fourth-order valence-corrected chi connectivity index (χ4v) is 3.03. The van der Waals surface area contributed by atoms with Gasteiger partial charge in [-0.05, 0) is 25.0 Å². The van der Waals surface area contributed by atoms with Gasteiger partial charge in [0.25, 0.3) is 10.0 Å². The van der Waals surface area contributed by atoms with E-state index in [4.69, 9.17) is 0 Å². The summed E-state index contributed by atoms with van der Waals surface area (Å²) < 4.78 is 38.6. The largest absolute Gasteiger partial charge is 0.263 e. The summed E-state index contributed by atoms with van der Waals surface area (Å²) >= 11 is 0. The first-order chi connectivity index (χ1) is 7.53. The highest BCUT2D eigenvalue weighted by molar-refractivity contribution is 7.89. The Hall–Kier alpha value is -1.01.